The van der Waals surface area contributed by atoms with E-state index in [9.17, 15) is 4.79 Å². The Morgan fingerprint density at radius 3 is 2.65 bits per heavy atom. The van der Waals surface area contributed by atoms with Crippen LogP contribution in [0.1, 0.15) is 40.9 Å². The third-order valence-electron chi connectivity index (χ3n) is 5.19. The van der Waals surface area contributed by atoms with Crippen molar-refractivity contribution in [3.8, 4) is 5.69 Å². The maximum atomic E-state index is 12.9. The smallest absolute Gasteiger partial charge is 0.257 e. The Morgan fingerprint density at radius 1 is 1.27 bits per heavy atom. The molecule has 2 aromatic rings. The number of aromatic nitrogens is 2. The zero-order chi connectivity index (χ0) is 17.8. The summed E-state index contributed by atoms with van der Waals surface area (Å²) >= 11 is 0. The number of amides is 1. The molecule has 0 aliphatic carbocycles. The quantitative estimate of drug-likeness (QED) is 0.870. The molecule has 1 aliphatic rings. The molecular formula is C20H29ClN4O. The van der Waals surface area contributed by atoms with Crippen LogP contribution in [0.25, 0.3) is 5.69 Å². The van der Waals surface area contributed by atoms with Crippen LogP contribution in [0.3, 0.4) is 0 Å². The molecule has 5 nitrogen and oxygen atoms in total. The summed E-state index contributed by atoms with van der Waals surface area (Å²) in [4.78, 5) is 14.9. The van der Waals surface area contributed by atoms with Crippen molar-refractivity contribution >= 4 is 18.3 Å². The van der Waals surface area contributed by atoms with Crippen molar-refractivity contribution in [1.29, 1.82) is 0 Å². The number of benzene rings is 1. The molecule has 2 heterocycles. The third-order valence-corrected chi connectivity index (χ3v) is 5.19. The topological polar surface area (TPSA) is 50.2 Å². The van der Waals surface area contributed by atoms with Gasteiger partial charge in [0.2, 0.25) is 0 Å². The molecule has 0 saturated carbocycles. The summed E-state index contributed by atoms with van der Waals surface area (Å²) in [7, 11) is 1.99. The average molecular weight is 377 g/mol. The van der Waals surface area contributed by atoms with Crippen molar-refractivity contribution in [1.82, 2.24) is 20.0 Å². The Balaban J connectivity index is 0.00000243. The predicted octanol–water partition coefficient (Wildman–Crippen LogP) is 3.37. The fraction of sp³-hybridized carbons (Fsp3) is 0.500. The molecule has 0 bridgehead atoms. The highest BCUT2D eigenvalue weighted by Crippen LogP contribution is 2.23. The number of likely N-dealkylation sites (tertiary alicyclic amines) is 1. The molecule has 1 fully saturated rings. The average Bonchev–Trinajstić information content (AvgIpc) is 3.01. The van der Waals surface area contributed by atoms with Gasteiger partial charge in [-0.3, -0.25) is 4.79 Å². The van der Waals surface area contributed by atoms with Crippen molar-refractivity contribution < 1.29 is 4.79 Å². The van der Waals surface area contributed by atoms with E-state index in [-0.39, 0.29) is 18.3 Å². The Morgan fingerprint density at radius 2 is 2.00 bits per heavy atom. The van der Waals surface area contributed by atoms with Gasteiger partial charge in [0.15, 0.2) is 0 Å². The number of piperidine rings is 1. The number of hydrogen-bond donors (Lipinski definition) is 1. The van der Waals surface area contributed by atoms with Crippen LogP contribution in [-0.2, 0) is 0 Å². The Bertz CT molecular complexity index is 735. The first-order chi connectivity index (χ1) is 12.1. The SMILES string of the molecule is CNCCC1CCN(C(=O)c2cnn(-c3cccc(C)c3)c2C)CC1.Cl. The minimum Gasteiger partial charge on any atom is -0.339 e. The first-order valence-electron chi connectivity index (χ1n) is 9.15. The normalized spacial score (nSPS) is 15.0. The Kier molecular flexibility index (Phi) is 7.23. The predicted molar refractivity (Wildman–Crippen MR) is 107 cm³/mol. The summed E-state index contributed by atoms with van der Waals surface area (Å²) in [6.45, 7) is 6.79. The fourth-order valence-corrected chi connectivity index (χ4v) is 3.58. The Labute approximate surface area is 162 Å². The molecule has 0 radical (unpaired) electrons. The van der Waals surface area contributed by atoms with E-state index in [2.05, 4.69) is 29.5 Å². The van der Waals surface area contributed by atoms with Crippen molar-refractivity contribution in [3.05, 3.63) is 47.3 Å². The highest BCUT2D eigenvalue weighted by Gasteiger charge is 2.25. The summed E-state index contributed by atoms with van der Waals surface area (Å²) < 4.78 is 1.86. The fourth-order valence-electron chi connectivity index (χ4n) is 3.58. The van der Waals surface area contributed by atoms with Gasteiger partial charge in [-0.1, -0.05) is 12.1 Å². The number of halogens is 1. The molecule has 26 heavy (non-hydrogen) atoms. The lowest BCUT2D eigenvalue weighted by Gasteiger charge is -2.32. The van der Waals surface area contributed by atoms with Crippen molar-refractivity contribution in [2.45, 2.75) is 33.1 Å². The van der Waals surface area contributed by atoms with Crippen LogP contribution >= 0.6 is 12.4 Å². The second-order valence-electron chi connectivity index (χ2n) is 7.02. The van der Waals surface area contributed by atoms with Gasteiger partial charge >= 0.3 is 0 Å². The molecule has 1 saturated heterocycles. The van der Waals surface area contributed by atoms with Crippen molar-refractivity contribution in [3.63, 3.8) is 0 Å². The van der Waals surface area contributed by atoms with E-state index in [4.69, 9.17) is 0 Å². The van der Waals surface area contributed by atoms with Gasteiger partial charge < -0.3 is 10.2 Å². The number of aryl methyl sites for hydroxylation is 1. The van der Waals surface area contributed by atoms with E-state index < -0.39 is 0 Å². The van der Waals surface area contributed by atoms with Crippen molar-refractivity contribution in [2.75, 3.05) is 26.7 Å². The first kappa shape index (κ1) is 20.5. The largest absolute Gasteiger partial charge is 0.339 e. The molecule has 1 aliphatic heterocycles. The molecule has 0 spiro atoms. The Hall–Kier alpha value is -1.85. The van der Waals surface area contributed by atoms with E-state index in [1.165, 1.54) is 12.0 Å². The highest BCUT2D eigenvalue weighted by molar-refractivity contribution is 5.95. The van der Waals surface area contributed by atoms with E-state index in [1.54, 1.807) is 6.20 Å². The molecule has 3 rings (SSSR count). The third kappa shape index (κ3) is 4.46. The molecule has 1 amide bonds. The number of nitrogens with one attached hydrogen (secondary N) is 1. The molecule has 0 unspecified atom stereocenters. The van der Waals surface area contributed by atoms with Gasteiger partial charge in [0.1, 0.15) is 0 Å². The standard InChI is InChI=1S/C20H28N4O.ClH/c1-15-5-4-6-18(13-15)24-16(2)19(14-22-24)20(25)23-11-8-17(9-12-23)7-10-21-3;/h4-6,13-14,17,21H,7-12H2,1-3H3;1H. The van der Waals surface area contributed by atoms with E-state index in [0.717, 1.165) is 55.3 Å². The number of carbonyl (C=O) groups is 1. The van der Waals surface area contributed by atoms with E-state index >= 15 is 0 Å². The minimum atomic E-state index is 0. The maximum absolute atomic E-state index is 12.9. The minimum absolute atomic E-state index is 0. The van der Waals surface area contributed by atoms with Crippen LogP contribution in [0.2, 0.25) is 0 Å². The molecule has 1 aromatic carbocycles. The van der Waals surface area contributed by atoms with Gasteiger partial charge in [-0.25, -0.2) is 4.68 Å². The molecule has 142 valence electrons. The lowest BCUT2D eigenvalue weighted by molar-refractivity contribution is 0.0686. The van der Waals surface area contributed by atoms with E-state index in [0.29, 0.717) is 0 Å². The van der Waals surface area contributed by atoms with Gasteiger partial charge in [-0.05, 0) is 70.3 Å². The monoisotopic (exact) mass is 376 g/mol. The first-order valence-corrected chi connectivity index (χ1v) is 9.15. The second kappa shape index (κ2) is 9.19. The van der Waals surface area contributed by atoms with Crippen LogP contribution in [0.15, 0.2) is 30.5 Å². The summed E-state index contributed by atoms with van der Waals surface area (Å²) in [5.41, 5.74) is 3.81. The van der Waals surface area contributed by atoms with Crippen LogP contribution < -0.4 is 5.32 Å². The molecule has 0 atom stereocenters. The summed E-state index contributed by atoms with van der Waals surface area (Å²) in [5.74, 6) is 0.844. The molecule has 1 aromatic heterocycles. The number of hydrogen-bond acceptors (Lipinski definition) is 3. The van der Waals surface area contributed by atoms with Crippen LogP contribution in [0, 0.1) is 19.8 Å². The van der Waals surface area contributed by atoms with Gasteiger partial charge in [0, 0.05) is 13.1 Å². The lowest BCUT2D eigenvalue weighted by Crippen LogP contribution is -2.39. The van der Waals surface area contributed by atoms with Gasteiger partial charge in [-0.15, -0.1) is 12.4 Å². The summed E-state index contributed by atoms with van der Waals surface area (Å²) in [6.07, 6.45) is 5.10. The van der Waals surface area contributed by atoms with Crippen LogP contribution in [-0.4, -0.2) is 47.3 Å². The van der Waals surface area contributed by atoms with Crippen LogP contribution in [0.4, 0.5) is 0 Å². The summed E-state index contributed by atoms with van der Waals surface area (Å²) in [5, 5.41) is 7.67. The summed E-state index contributed by atoms with van der Waals surface area (Å²) in [6, 6.07) is 8.19. The van der Waals surface area contributed by atoms with Gasteiger partial charge in [-0.2, -0.15) is 5.10 Å². The zero-order valence-corrected chi connectivity index (χ0v) is 16.7. The van der Waals surface area contributed by atoms with Crippen LogP contribution in [0.5, 0.6) is 0 Å². The lowest BCUT2D eigenvalue weighted by atomic mass is 9.93. The van der Waals surface area contributed by atoms with E-state index in [1.807, 2.05) is 35.7 Å². The molecular weight excluding hydrogens is 348 g/mol. The van der Waals surface area contributed by atoms with Gasteiger partial charge in [0.25, 0.3) is 5.91 Å². The number of nitrogens with zero attached hydrogens (tertiary/aromatic N) is 3. The van der Waals surface area contributed by atoms with Crippen molar-refractivity contribution in [2.24, 2.45) is 5.92 Å². The highest BCUT2D eigenvalue weighted by atomic mass is 35.5. The number of carbonyl (C=O) groups excluding carboxylic acids is 1. The zero-order valence-electron chi connectivity index (χ0n) is 15.9. The molecule has 6 heteroatoms. The second-order valence-corrected chi connectivity index (χ2v) is 7.02. The van der Waals surface area contributed by atoms with Gasteiger partial charge in [0.05, 0.1) is 23.1 Å². The molecule has 1 N–H and O–H groups in total. The number of rotatable bonds is 5. The maximum Gasteiger partial charge on any atom is 0.257 e.